The van der Waals surface area contributed by atoms with Crippen molar-refractivity contribution in [1.82, 2.24) is 4.90 Å². The lowest BCUT2D eigenvalue weighted by atomic mass is 9.82. The van der Waals surface area contributed by atoms with Crippen LogP contribution in [0.1, 0.15) is 42.1 Å². The van der Waals surface area contributed by atoms with E-state index >= 15 is 4.39 Å². The average Bonchev–Trinajstić information content (AvgIpc) is 3.07. The van der Waals surface area contributed by atoms with Crippen molar-refractivity contribution in [2.45, 2.75) is 38.3 Å². The maximum absolute atomic E-state index is 15.7. The van der Waals surface area contributed by atoms with Crippen molar-refractivity contribution in [3.63, 3.8) is 0 Å². The number of likely N-dealkylation sites (tertiary alicyclic amines) is 1. The fourth-order valence-corrected chi connectivity index (χ4v) is 4.85. The van der Waals surface area contributed by atoms with Gasteiger partial charge in [-0.25, -0.2) is 4.39 Å². The number of hydrogen-bond acceptors (Lipinski definition) is 4. The van der Waals surface area contributed by atoms with Crippen molar-refractivity contribution in [2.75, 3.05) is 33.9 Å². The third-order valence-electron chi connectivity index (χ3n) is 6.35. The molecule has 1 aromatic rings. The number of methoxy groups -OCH3 is 2. The van der Waals surface area contributed by atoms with Crippen molar-refractivity contribution in [3.8, 4) is 11.5 Å². The highest BCUT2D eigenvalue weighted by molar-refractivity contribution is 9.12. The topological polar surface area (TPSA) is 38.8 Å². The van der Waals surface area contributed by atoms with E-state index in [-0.39, 0.29) is 18.1 Å². The Kier molecular flexibility index (Phi) is 7.76. The van der Waals surface area contributed by atoms with E-state index in [1.807, 2.05) is 25.1 Å². The molecular formula is C25H31BrFNO3. The van der Waals surface area contributed by atoms with Crippen LogP contribution in [0.2, 0.25) is 0 Å². The number of piperidine rings is 1. The summed E-state index contributed by atoms with van der Waals surface area (Å²) in [6, 6.07) is 3.59. The van der Waals surface area contributed by atoms with Crippen LogP contribution in [0.25, 0.3) is 0 Å². The van der Waals surface area contributed by atoms with Gasteiger partial charge in [0.2, 0.25) is 0 Å². The minimum Gasteiger partial charge on any atom is -0.493 e. The van der Waals surface area contributed by atoms with Gasteiger partial charge < -0.3 is 9.47 Å². The number of alkyl halides is 1. The number of halogens is 2. The maximum atomic E-state index is 15.7. The number of ether oxygens (including phenoxy) is 2. The molecule has 0 spiro atoms. The van der Waals surface area contributed by atoms with Crippen LogP contribution >= 0.6 is 15.9 Å². The molecule has 0 bridgehead atoms. The third kappa shape index (κ3) is 5.29. The van der Waals surface area contributed by atoms with E-state index in [1.165, 1.54) is 0 Å². The van der Waals surface area contributed by atoms with Crippen LogP contribution in [0.15, 0.2) is 47.0 Å². The standard InChI is InChI=1S/C25H31BrFNO3/c1-5-7-17(21(26)6-2)16-28-10-8-25(27,9-11-28)15-19-12-18-13-22(30-3)23(31-4)14-20(18)24(19)29/h5-7,13-14,19H,1,8-12,15-16H2,2-4H3. The summed E-state index contributed by atoms with van der Waals surface area (Å²) in [5.41, 5.74) is 1.38. The van der Waals surface area contributed by atoms with Crippen molar-refractivity contribution >= 4 is 21.7 Å². The molecule has 0 radical (unpaired) electrons. The zero-order valence-corrected chi connectivity index (χ0v) is 20.1. The van der Waals surface area contributed by atoms with Crippen LogP contribution < -0.4 is 9.47 Å². The largest absolute Gasteiger partial charge is 0.493 e. The Labute approximate surface area is 192 Å². The van der Waals surface area contributed by atoms with Crippen molar-refractivity contribution in [3.05, 3.63) is 58.1 Å². The van der Waals surface area contributed by atoms with E-state index in [1.54, 1.807) is 26.4 Å². The first-order valence-corrected chi connectivity index (χ1v) is 11.5. The zero-order valence-electron chi connectivity index (χ0n) is 18.5. The van der Waals surface area contributed by atoms with Crippen LogP contribution in [0.5, 0.6) is 11.5 Å². The minimum atomic E-state index is -1.31. The summed E-state index contributed by atoms with van der Waals surface area (Å²) in [7, 11) is 3.13. The summed E-state index contributed by atoms with van der Waals surface area (Å²) >= 11 is 3.58. The minimum absolute atomic E-state index is 0.0172. The Balaban J connectivity index is 1.63. The molecule has 0 aromatic heterocycles. The second kappa shape index (κ2) is 10.1. The molecule has 1 aliphatic carbocycles. The lowest BCUT2D eigenvalue weighted by molar-refractivity contribution is 0.0391. The van der Waals surface area contributed by atoms with Gasteiger partial charge >= 0.3 is 0 Å². The normalized spacial score (nSPS) is 21.7. The van der Waals surface area contributed by atoms with Gasteiger partial charge in [-0.1, -0.05) is 40.7 Å². The number of rotatable bonds is 8. The molecule has 1 saturated heterocycles. The first kappa shape index (κ1) is 23.7. The number of ketones is 1. The van der Waals surface area contributed by atoms with Crippen LogP contribution in [-0.2, 0) is 6.42 Å². The monoisotopic (exact) mass is 491 g/mol. The zero-order chi connectivity index (χ0) is 22.6. The van der Waals surface area contributed by atoms with E-state index in [4.69, 9.17) is 9.47 Å². The number of benzene rings is 1. The van der Waals surface area contributed by atoms with Gasteiger partial charge in [0.15, 0.2) is 17.3 Å². The third-order valence-corrected chi connectivity index (χ3v) is 7.32. The van der Waals surface area contributed by atoms with E-state index in [0.717, 1.165) is 22.2 Å². The number of fused-ring (bicyclic) bond motifs is 1. The van der Waals surface area contributed by atoms with Gasteiger partial charge in [-0.2, -0.15) is 0 Å². The lowest BCUT2D eigenvalue weighted by Crippen LogP contribution is -2.43. The Morgan fingerprint density at radius 3 is 2.52 bits per heavy atom. The van der Waals surface area contributed by atoms with E-state index < -0.39 is 5.67 Å². The fourth-order valence-electron chi connectivity index (χ4n) is 4.60. The molecule has 1 aliphatic heterocycles. The molecule has 31 heavy (non-hydrogen) atoms. The highest BCUT2D eigenvalue weighted by Gasteiger charge is 2.42. The van der Waals surface area contributed by atoms with Crippen LogP contribution in [0.3, 0.4) is 0 Å². The molecule has 2 aliphatic rings. The maximum Gasteiger partial charge on any atom is 0.166 e. The van der Waals surface area contributed by atoms with Gasteiger partial charge in [0.1, 0.15) is 5.67 Å². The first-order valence-electron chi connectivity index (χ1n) is 10.7. The highest BCUT2D eigenvalue weighted by atomic mass is 79.9. The van der Waals surface area contributed by atoms with E-state index in [2.05, 4.69) is 27.4 Å². The second-order valence-corrected chi connectivity index (χ2v) is 9.18. The molecular weight excluding hydrogens is 461 g/mol. The summed E-state index contributed by atoms with van der Waals surface area (Å²) in [4.78, 5) is 15.2. The number of nitrogens with zero attached hydrogens (tertiary/aromatic N) is 1. The number of carbonyl (C=O) groups is 1. The van der Waals surface area contributed by atoms with Crippen LogP contribution in [0, 0.1) is 5.92 Å². The van der Waals surface area contributed by atoms with Crippen LogP contribution in [-0.4, -0.2) is 50.2 Å². The summed E-state index contributed by atoms with van der Waals surface area (Å²) in [6.07, 6.45) is 7.47. The molecule has 168 valence electrons. The molecule has 0 N–H and O–H groups in total. The Hall–Kier alpha value is -1.92. The molecule has 1 unspecified atom stereocenters. The van der Waals surface area contributed by atoms with Gasteiger partial charge in [-0.05, 0) is 55.9 Å². The van der Waals surface area contributed by atoms with Gasteiger partial charge in [-0.15, -0.1) is 0 Å². The van der Waals surface area contributed by atoms with Gasteiger partial charge in [0, 0.05) is 35.6 Å². The molecule has 6 heteroatoms. The summed E-state index contributed by atoms with van der Waals surface area (Å²) in [6.45, 7) is 7.86. The number of hydrogen-bond donors (Lipinski definition) is 0. The predicted molar refractivity (Wildman–Crippen MR) is 126 cm³/mol. The first-order chi connectivity index (χ1) is 14.8. The number of allylic oxidation sites excluding steroid dienone is 3. The van der Waals surface area contributed by atoms with Crippen molar-refractivity contribution in [1.29, 1.82) is 0 Å². The molecule has 1 fully saturated rings. The highest BCUT2D eigenvalue weighted by Crippen LogP contribution is 2.42. The van der Waals surface area contributed by atoms with Crippen LogP contribution in [0.4, 0.5) is 4.39 Å². The SMILES string of the molecule is C=CC=C(CN1CCC(F)(CC2Cc3cc(OC)c(OC)cc3C2=O)CC1)C(Br)=CC. The number of carbonyl (C=O) groups excluding carboxylic acids is 1. The molecule has 0 saturated carbocycles. The van der Waals surface area contributed by atoms with Gasteiger partial charge in [0.05, 0.1) is 14.2 Å². The van der Waals surface area contributed by atoms with Gasteiger partial charge in [-0.3, -0.25) is 9.69 Å². The predicted octanol–water partition coefficient (Wildman–Crippen LogP) is 5.66. The molecule has 1 atom stereocenters. The molecule has 1 heterocycles. The van der Waals surface area contributed by atoms with Gasteiger partial charge in [0.25, 0.3) is 0 Å². The van der Waals surface area contributed by atoms with E-state index in [0.29, 0.717) is 49.4 Å². The van der Waals surface area contributed by atoms with Crippen molar-refractivity contribution in [2.24, 2.45) is 5.92 Å². The smallest absolute Gasteiger partial charge is 0.166 e. The second-order valence-electron chi connectivity index (χ2n) is 8.33. The van der Waals surface area contributed by atoms with E-state index in [9.17, 15) is 4.79 Å². The summed E-state index contributed by atoms with van der Waals surface area (Å²) in [5, 5.41) is 0. The molecule has 4 nitrogen and oxygen atoms in total. The molecule has 1 aromatic carbocycles. The Morgan fingerprint density at radius 2 is 1.94 bits per heavy atom. The summed E-state index contributed by atoms with van der Waals surface area (Å²) < 4.78 is 27.4. The quantitative estimate of drug-likeness (QED) is 0.439. The molecule has 3 rings (SSSR count). The Bertz CT molecular complexity index is 900. The molecule has 0 amide bonds. The average molecular weight is 492 g/mol. The fraction of sp³-hybridized carbons (Fsp3) is 0.480. The number of Topliss-reactive ketones (excluding diaryl/α,β-unsaturated/α-hetero) is 1. The van der Waals surface area contributed by atoms with Crippen molar-refractivity contribution < 1.29 is 18.7 Å². The lowest BCUT2D eigenvalue weighted by Gasteiger charge is -2.37. The summed E-state index contributed by atoms with van der Waals surface area (Å²) in [5.74, 6) is 0.836. The Morgan fingerprint density at radius 1 is 1.29 bits per heavy atom.